The van der Waals surface area contributed by atoms with Crippen LogP contribution in [0.25, 0.3) is 11.0 Å². The summed E-state index contributed by atoms with van der Waals surface area (Å²) in [6.45, 7) is 2.82. The molecule has 2 rings (SSSR count). The van der Waals surface area contributed by atoms with Gasteiger partial charge >= 0.3 is 5.97 Å². The zero-order chi connectivity index (χ0) is 12.4. The van der Waals surface area contributed by atoms with Crippen LogP contribution in [0.5, 0.6) is 0 Å². The number of nitrogens with zero attached hydrogens (tertiary/aromatic N) is 2. The smallest absolute Gasteiger partial charge is 0.313 e. The quantitative estimate of drug-likeness (QED) is 0.671. The molecule has 90 valence electrons. The van der Waals surface area contributed by atoms with Gasteiger partial charge in [0.15, 0.2) is 5.16 Å². The molecule has 0 aliphatic carbocycles. The molecule has 0 bridgehead atoms. The number of hydrogen-bond donors (Lipinski definition) is 1. The number of imidazole rings is 1. The summed E-state index contributed by atoms with van der Waals surface area (Å²) in [6.07, 6.45) is 0. The predicted molar refractivity (Wildman–Crippen MR) is 76.5 cm³/mol. The molecule has 1 N–H and O–H groups in total. The number of rotatable bonds is 4. The van der Waals surface area contributed by atoms with Crippen LogP contribution in [0.15, 0.2) is 23.4 Å². The van der Waals surface area contributed by atoms with Gasteiger partial charge in [-0.05, 0) is 47.7 Å². The van der Waals surface area contributed by atoms with Crippen molar-refractivity contribution in [3.63, 3.8) is 0 Å². The molecule has 4 nitrogen and oxygen atoms in total. The van der Waals surface area contributed by atoms with Crippen molar-refractivity contribution in [1.82, 2.24) is 9.55 Å². The molecule has 0 spiro atoms. The minimum absolute atomic E-state index is 0.0421. The zero-order valence-electron chi connectivity index (χ0n) is 9.18. The highest BCUT2D eigenvalue weighted by molar-refractivity contribution is 14.1. The van der Waals surface area contributed by atoms with Gasteiger partial charge in [0.2, 0.25) is 0 Å². The largest absolute Gasteiger partial charge is 0.481 e. The third-order valence-corrected chi connectivity index (χ3v) is 3.95. The van der Waals surface area contributed by atoms with E-state index in [0.717, 1.165) is 26.3 Å². The average molecular weight is 362 g/mol. The normalized spacial score (nSPS) is 10.9. The second-order valence-corrected chi connectivity index (χ2v) is 5.64. The molecule has 1 aromatic heterocycles. The minimum atomic E-state index is -0.820. The van der Waals surface area contributed by atoms with Gasteiger partial charge in [0, 0.05) is 10.1 Å². The highest BCUT2D eigenvalue weighted by Crippen LogP contribution is 2.25. The topological polar surface area (TPSA) is 55.1 Å². The van der Waals surface area contributed by atoms with Crippen molar-refractivity contribution in [3.05, 3.63) is 21.8 Å². The summed E-state index contributed by atoms with van der Waals surface area (Å²) >= 11 is 3.50. The standard InChI is InChI=1S/C11H11IN2O2S/c1-2-14-9-4-3-7(12)5-8(9)13-11(14)17-6-10(15)16/h3-5H,2,6H2,1H3,(H,15,16). The molecule has 0 radical (unpaired) electrons. The third kappa shape index (κ3) is 2.74. The summed E-state index contributed by atoms with van der Waals surface area (Å²) in [4.78, 5) is 15.1. The van der Waals surface area contributed by atoms with Gasteiger partial charge in [-0.15, -0.1) is 0 Å². The molecule has 1 aromatic carbocycles. The fourth-order valence-electron chi connectivity index (χ4n) is 1.62. The van der Waals surface area contributed by atoms with Gasteiger partial charge in [-0.3, -0.25) is 4.79 Å². The lowest BCUT2D eigenvalue weighted by Crippen LogP contribution is -2.01. The Labute approximate surface area is 117 Å². The van der Waals surface area contributed by atoms with Crippen molar-refractivity contribution in [3.8, 4) is 0 Å². The van der Waals surface area contributed by atoms with Crippen molar-refractivity contribution in [2.24, 2.45) is 0 Å². The number of aryl methyl sites for hydroxylation is 1. The van der Waals surface area contributed by atoms with Gasteiger partial charge in [-0.25, -0.2) is 4.98 Å². The molecular weight excluding hydrogens is 351 g/mol. The Morgan fingerprint density at radius 1 is 1.59 bits per heavy atom. The van der Waals surface area contributed by atoms with Crippen LogP contribution in [0.1, 0.15) is 6.92 Å². The molecule has 17 heavy (non-hydrogen) atoms. The first kappa shape index (κ1) is 12.7. The third-order valence-electron chi connectivity index (χ3n) is 2.32. The molecular formula is C11H11IN2O2S. The number of fused-ring (bicyclic) bond motifs is 1. The number of carboxylic acid groups (broad SMARTS) is 1. The monoisotopic (exact) mass is 362 g/mol. The first-order chi connectivity index (χ1) is 8.11. The maximum absolute atomic E-state index is 10.6. The minimum Gasteiger partial charge on any atom is -0.481 e. The molecule has 0 saturated carbocycles. The summed E-state index contributed by atoms with van der Waals surface area (Å²) in [5.41, 5.74) is 1.98. The number of aromatic nitrogens is 2. The van der Waals surface area contributed by atoms with Crippen LogP contribution >= 0.6 is 34.4 Å². The molecule has 0 aliphatic heterocycles. The molecule has 0 fully saturated rings. The maximum atomic E-state index is 10.6. The zero-order valence-corrected chi connectivity index (χ0v) is 12.2. The summed E-state index contributed by atoms with van der Waals surface area (Å²) < 4.78 is 3.17. The van der Waals surface area contributed by atoms with Crippen molar-refractivity contribution >= 4 is 51.4 Å². The van der Waals surface area contributed by atoms with Crippen molar-refractivity contribution < 1.29 is 9.90 Å². The molecule has 0 unspecified atom stereocenters. The Hall–Kier alpha value is -0.760. The lowest BCUT2D eigenvalue weighted by atomic mass is 10.3. The molecule has 0 amide bonds. The van der Waals surface area contributed by atoms with E-state index < -0.39 is 5.97 Å². The number of benzene rings is 1. The molecule has 6 heteroatoms. The van der Waals surface area contributed by atoms with E-state index in [4.69, 9.17) is 5.11 Å². The van der Waals surface area contributed by atoms with Crippen LogP contribution in [0.4, 0.5) is 0 Å². The number of aliphatic carboxylic acids is 1. The van der Waals surface area contributed by atoms with Crippen LogP contribution in [-0.2, 0) is 11.3 Å². The van der Waals surface area contributed by atoms with Crippen LogP contribution in [0.2, 0.25) is 0 Å². The van der Waals surface area contributed by atoms with Crippen LogP contribution < -0.4 is 0 Å². The average Bonchev–Trinajstić information content (AvgIpc) is 2.62. The first-order valence-corrected chi connectivity index (χ1v) is 7.18. The van der Waals surface area contributed by atoms with Gasteiger partial charge in [-0.1, -0.05) is 11.8 Å². The molecule has 0 atom stereocenters. The Bertz CT molecular complexity index is 568. The summed E-state index contributed by atoms with van der Waals surface area (Å²) in [5, 5.41) is 9.47. The Kier molecular flexibility index (Phi) is 3.93. The van der Waals surface area contributed by atoms with Crippen LogP contribution in [0.3, 0.4) is 0 Å². The second kappa shape index (κ2) is 5.26. The van der Waals surface area contributed by atoms with Gasteiger partial charge < -0.3 is 9.67 Å². The van der Waals surface area contributed by atoms with E-state index in [1.165, 1.54) is 11.8 Å². The lowest BCUT2D eigenvalue weighted by molar-refractivity contribution is -0.133. The number of halogens is 1. The molecule has 0 saturated heterocycles. The van der Waals surface area contributed by atoms with Gasteiger partial charge in [-0.2, -0.15) is 0 Å². The number of carboxylic acids is 1. The van der Waals surface area contributed by atoms with Gasteiger partial charge in [0.1, 0.15) is 0 Å². The summed E-state index contributed by atoms with van der Waals surface area (Å²) in [5.74, 6) is -0.778. The lowest BCUT2D eigenvalue weighted by Gasteiger charge is -2.03. The van der Waals surface area contributed by atoms with E-state index in [9.17, 15) is 4.79 Å². The van der Waals surface area contributed by atoms with Crippen molar-refractivity contribution in [2.75, 3.05) is 5.75 Å². The van der Waals surface area contributed by atoms with E-state index >= 15 is 0 Å². The Morgan fingerprint density at radius 3 is 3.00 bits per heavy atom. The molecule has 0 aliphatic rings. The fraction of sp³-hybridized carbons (Fsp3) is 0.273. The SMILES string of the molecule is CCn1c(SCC(=O)O)nc2cc(I)ccc21. The van der Waals surface area contributed by atoms with E-state index in [2.05, 4.69) is 27.6 Å². The van der Waals surface area contributed by atoms with Crippen molar-refractivity contribution in [1.29, 1.82) is 0 Å². The van der Waals surface area contributed by atoms with Gasteiger partial charge in [0.05, 0.1) is 16.8 Å². The summed E-state index contributed by atoms with van der Waals surface area (Å²) in [6, 6.07) is 6.06. The van der Waals surface area contributed by atoms with Crippen LogP contribution in [0, 0.1) is 3.57 Å². The van der Waals surface area contributed by atoms with E-state index in [1.54, 1.807) is 0 Å². The first-order valence-electron chi connectivity index (χ1n) is 5.12. The van der Waals surface area contributed by atoms with E-state index in [0.29, 0.717) is 0 Å². The molecule has 1 heterocycles. The highest BCUT2D eigenvalue weighted by Gasteiger charge is 2.11. The van der Waals surface area contributed by atoms with E-state index in [1.807, 2.05) is 29.7 Å². The summed E-state index contributed by atoms with van der Waals surface area (Å²) in [7, 11) is 0. The fourth-order valence-corrected chi connectivity index (χ4v) is 2.90. The number of hydrogen-bond acceptors (Lipinski definition) is 3. The van der Waals surface area contributed by atoms with Gasteiger partial charge in [0.25, 0.3) is 0 Å². The Morgan fingerprint density at radius 2 is 2.35 bits per heavy atom. The molecule has 2 aromatic rings. The van der Waals surface area contributed by atoms with Crippen molar-refractivity contribution in [2.45, 2.75) is 18.6 Å². The number of thioether (sulfide) groups is 1. The highest BCUT2D eigenvalue weighted by atomic mass is 127. The maximum Gasteiger partial charge on any atom is 0.313 e. The predicted octanol–water partition coefficient (Wildman–Crippen LogP) is 2.84. The number of carbonyl (C=O) groups is 1. The van der Waals surface area contributed by atoms with Crippen LogP contribution in [-0.4, -0.2) is 26.4 Å². The van der Waals surface area contributed by atoms with E-state index in [-0.39, 0.29) is 5.75 Å². The second-order valence-electron chi connectivity index (χ2n) is 3.45. The Balaban J connectivity index is 2.44.